The quantitative estimate of drug-likeness (QED) is 0.849. The van der Waals surface area contributed by atoms with Crippen molar-refractivity contribution in [2.75, 3.05) is 5.32 Å². The van der Waals surface area contributed by atoms with Crippen LogP contribution in [-0.4, -0.2) is 16.1 Å². The van der Waals surface area contributed by atoms with Crippen LogP contribution in [0, 0.1) is 4.91 Å². The van der Waals surface area contributed by atoms with Crippen LogP contribution in [0.2, 0.25) is 5.02 Å². The van der Waals surface area contributed by atoms with Gasteiger partial charge in [0.25, 0.3) is 0 Å². The predicted octanol–water partition coefficient (Wildman–Crippen LogP) is 4.30. The summed E-state index contributed by atoms with van der Waals surface area (Å²) < 4.78 is 0. The molecular weight excluding hydrogens is 316 g/mol. The second kappa shape index (κ2) is 6.26. The van der Waals surface area contributed by atoms with Crippen LogP contribution in [0.3, 0.4) is 0 Å². The normalized spacial score (nSPS) is 15.8. The fraction of sp³-hybridized carbons (Fsp3) is 0.188. The van der Waals surface area contributed by atoms with Gasteiger partial charge in [-0.2, -0.15) is 0 Å². The third-order valence-electron chi connectivity index (χ3n) is 3.69. The first-order valence-electron chi connectivity index (χ1n) is 7.07. The average Bonchev–Trinajstić information content (AvgIpc) is 2.54. The van der Waals surface area contributed by atoms with Crippen molar-refractivity contribution in [1.82, 2.24) is 10.2 Å². The minimum atomic E-state index is -0.915. The largest absolute Gasteiger partial charge is 0.338 e. The Labute approximate surface area is 137 Å². The highest BCUT2D eigenvalue weighted by atomic mass is 35.5. The van der Waals surface area contributed by atoms with Crippen molar-refractivity contribution in [3.63, 3.8) is 0 Å². The summed E-state index contributed by atoms with van der Waals surface area (Å²) in [6, 6.07) is 7.22. The number of allylic oxidation sites excluding steroid dienone is 1. The van der Waals surface area contributed by atoms with E-state index in [1.807, 2.05) is 25.1 Å². The van der Waals surface area contributed by atoms with Crippen LogP contribution in [0.1, 0.15) is 40.9 Å². The number of halogens is 1. The molecule has 0 radical (unpaired) electrons. The van der Waals surface area contributed by atoms with E-state index in [1.165, 1.54) is 0 Å². The Balaban J connectivity index is 2.10. The van der Waals surface area contributed by atoms with Crippen LogP contribution < -0.4 is 5.32 Å². The van der Waals surface area contributed by atoms with Gasteiger partial charge in [0.05, 0.1) is 0 Å². The topological polar surface area (TPSA) is 84.3 Å². The molecule has 1 heterocycles. The molecule has 7 heteroatoms. The maximum Gasteiger partial charge on any atom is 0.337 e. The number of amides is 1. The summed E-state index contributed by atoms with van der Waals surface area (Å²) in [5.74, 6) is -0.242. The third-order valence-corrected chi connectivity index (χ3v) is 3.93. The highest BCUT2D eigenvalue weighted by Gasteiger charge is 2.25. The molecule has 1 amide bonds. The van der Waals surface area contributed by atoms with Gasteiger partial charge >= 0.3 is 5.91 Å². The molecule has 0 aliphatic heterocycles. The maximum absolute atomic E-state index is 11.7. The molecule has 0 spiro atoms. The van der Waals surface area contributed by atoms with Gasteiger partial charge in [0.1, 0.15) is 0 Å². The monoisotopic (exact) mass is 328 g/mol. The van der Waals surface area contributed by atoms with E-state index in [2.05, 4.69) is 20.7 Å². The van der Waals surface area contributed by atoms with Gasteiger partial charge in [-0.25, -0.2) is 0 Å². The zero-order valence-electron chi connectivity index (χ0n) is 12.3. The number of nitrogens with one attached hydrogen (secondary N) is 1. The van der Waals surface area contributed by atoms with E-state index >= 15 is 0 Å². The summed E-state index contributed by atoms with van der Waals surface area (Å²) >= 11 is 5.99. The van der Waals surface area contributed by atoms with Gasteiger partial charge in [0, 0.05) is 27.0 Å². The Morgan fingerprint density at radius 2 is 2.22 bits per heavy atom. The van der Waals surface area contributed by atoms with Crippen LogP contribution in [0.4, 0.5) is 11.5 Å². The molecule has 116 valence electrons. The van der Waals surface area contributed by atoms with E-state index in [9.17, 15) is 9.70 Å². The molecule has 0 bridgehead atoms. The number of benzene rings is 1. The Morgan fingerprint density at radius 3 is 2.96 bits per heavy atom. The summed E-state index contributed by atoms with van der Waals surface area (Å²) in [5, 5.41) is 14.2. The standard InChI is InChI=1S/C16H13ClN4O2/c1-9-4-2-7-12-13(9)15(20-19-14(12)16(22)21-23)18-11-6-3-5-10(17)8-11/h2-3,5-9H,4H2,1H3,(H,18,20). The lowest BCUT2D eigenvalue weighted by Gasteiger charge is -2.22. The van der Waals surface area contributed by atoms with E-state index in [-0.39, 0.29) is 11.6 Å². The SMILES string of the molecule is CC1CC=Cc2c(C(=O)N=O)nnc(Nc3cccc(Cl)c3)c21. The fourth-order valence-corrected chi connectivity index (χ4v) is 2.83. The van der Waals surface area contributed by atoms with Crippen molar-refractivity contribution in [2.24, 2.45) is 5.18 Å². The summed E-state index contributed by atoms with van der Waals surface area (Å²) in [4.78, 5) is 22.2. The van der Waals surface area contributed by atoms with E-state index in [0.717, 1.165) is 17.7 Å². The summed E-state index contributed by atoms with van der Waals surface area (Å²) in [6.07, 6.45) is 4.54. The van der Waals surface area contributed by atoms with Crippen molar-refractivity contribution in [1.29, 1.82) is 0 Å². The van der Waals surface area contributed by atoms with Crippen molar-refractivity contribution >= 4 is 35.1 Å². The number of hydrogen-bond acceptors (Lipinski definition) is 5. The Kier molecular flexibility index (Phi) is 4.16. The maximum atomic E-state index is 11.7. The Hall–Kier alpha value is -2.60. The molecule has 1 atom stereocenters. The van der Waals surface area contributed by atoms with Crippen LogP contribution in [0.25, 0.3) is 6.08 Å². The lowest BCUT2D eigenvalue weighted by atomic mass is 9.88. The number of carbonyl (C=O) groups is 1. The van der Waals surface area contributed by atoms with Crippen LogP contribution in [-0.2, 0) is 0 Å². The van der Waals surface area contributed by atoms with Crippen molar-refractivity contribution < 1.29 is 4.79 Å². The number of carbonyl (C=O) groups excluding carboxylic acids is 1. The van der Waals surface area contributed by atoms with E-state index < -0.39 is 5.91 Å². The average molecular weight is 329 g/mol. The highest BCUT2D eigenvalue weighted by Crippen LogP contribution is 2.36. The molecule has 0 saturated carbocycles. The molecule has 0 fully saturated rings. The smallest absolute Gasteiger partial charge is 0.337 e. The lowest BCUT2D eigenvalue weighted by molar-refractivity contribution is 0.0995. The van der Waals surface area contributed by atoms with Gasteiger partial charge in [0.2, 0.25) is 0 Å². The third kappa shape index (κ3) is 2.98. The second-order valence-corrected chi connectivity index (χ2v) is 5.73. The van der Waals surface area contributed by atoms with Gasteiger partial charge in [-0.05, 0) is 30.5 Å². The molecule has 3 rings (SSSR count). The van der Waals surface area contributed by atoms with Gasteiger partial charge in [-0.3, -0.25) is 4.79 Å². The molecule has 1 N–H and O–H groups in total. The predicted molar refractivity (Wildman–Crippen MR) is 89.0 cm³/mol. The number of rotatable bonds is 3. The van der Waals surface area contributed by atoms with Crippen molar-refractivity contribution in [2.45, 2.75) is 19.3 Å². The van der Waals surface area contributed by atoms with Gasteiger partial charge in [0.15, 0.2) is 11.5 Å². The second-order valence-electron chi connectivity index (χ2n) is 5.30. The number of hydrogen-bond donors (Lipinski definition) is 1. The van der Waals surface area contributed by atoms with E-state index in [0.29, 0.717) is 16.4 Å². The molecule has 2 aromatic rings. The highest BCUT2D eigenvalue weighted by molar-refractivity contribution is 6.30. The van der Waals surface area contributed by atoms with Crippen LogP contribution >= 0.6 is 11.6 Å². The van der Waals surface area contributed by atoms with E-state index in [4.69, 9.17) is 11.6 Å². The lowest BCUT2D eigenvalue weighted by Crippen LogP contribution is -2.14. The zero-order chi connectivity index (χ0) is 16.4. The molecule has 1 unspecified atom stereocenters. The van der Waals surface area contributed by atoms with Gasteiger partial charge < -0.3 is 5.32 Å². The molecular formula is C16H13ClN4O2. The number of fused-ring (bicyclic) bond motifs is 1. The first kappa shape index (κ1) is 15.3. The Morgan fingerprint density at radius 1 is 1.39 bits per heavy atom. The Bertz CT molecular complexity index is 820. The minimum Gasteiger partial charge on any atom is -0.338 e. The van der Waals surface area contributed by atoms with Crippen LogP contribution in [0.5, 0.6) is 0 Å². The van der Waals surface area contributed by atoms with Gasteiger partial charge in [-0.1, -0.05) is 36.7 Å². The van der Waals surface area contributed by atoms with Crippen molar-refractivity contribution in [3.8, 4) is 0 Å². The summed E-state index contributed by atoms with van der Waals surface area (Å²) in [5.41, 5.74) is 2.18. The first-order chi connectivity index (χ1) is 11.1. The first-order valence-corrected chi connectivity index (χ1v) is 7.45. The molecule has 1 aliphatic rings. The fourth-order valence-electron chi connectivity index (χ4n) is 2.63. The van der Waals surface area contributed by atoms with Crippen molar-refractivity contribution in [3.05, 3.63) is 57.1 Å². The number of anilines is 2. The van der Waals surface area contributed by atoms with Gasteiger partial charge in [-0.15, -0.1) is 15.1 Å². The molecule has 23 heavy (non-hydrogen) atoms. The zero-order valence-corrected chi connectivity index (χ0v) is 13.0. The molecule has 6 nitrogen and oxygen atoms in total. The molecule has 1 aliphatic carbocycles. The van der Waals surface area contributed by atoms with E-state index in [1.54, 1.807) is 18.2 Å². The minimum absolute atomic E-state index is 0.0190. The summed E-state index contributed by atoms with van der Waals surface area (Å²) in [7, 11) is 0. The number of nitroso groups, excluding NO2 is 1. The molecule has 0 saturated heterocycles. The number of nitrogens with zero attached hydrogens (tertiary/aromatic N) is 3. The molecule has 1 aromatic heterocycles. The number of aromatic nitrogens is 2. The molecule has 1 aromatic carbocycles. The summed E-state index contributed by atoms with van der Waals surface area (Å²) in [6.45, 7) is 2.02. The van der Waals surface area contributed by atoms with Crippen LogP contribution in [0.15, 0.2) is 35.5 Å².